The molecular formula is C31H31Cl2N5O3. The van der Waals surface area contributed by atoms with Crippen molar-refractivity contribution in [3.8, 4) is 45.4 Å². The number of hydrogen-bond donors (Lipinski definition) is 2. The van der Waals surface area contributed by atoms with Crippen molar-refractivity contribution >= 4 is 29.0 Å². The predicted molar refractivity (Wildman–Crippen MR) is 161 cm³/mol. The third kappa shape index (κ3) is 6.21. The van der Waals surface area contributed by atoms with Gasteiger partial charge in [0.2, 0.25) is 11.8 Å². The van der Waals surface area contributed by atoms with Crippen LogP contribution in [0.4, 0.5) is 0 Å². The Morgan fingerprint density at radius 2 is 1.54 bits per heavy atom. The van der Waals surface area contributed by atoms with Gasteiger partial charge in [-0.2, -0.15) is 0 Å². The molecule has 1 fully saturated rings. The van der Waals surface area contributed by atoms with E-state index in [1.807, 2.05) is 48.5 Å². The van der Waals surface area contributed by atoms with E-state index in [2.05, 4.69) is 15.3 Å². The van der Waals surface area contributed by atoms with Crippen LogP contribution in [0.25, 0.3) is 33.6 Å². The maximum Gasteiger partial charge on any atom is 0.237 e. The molecule has 0 spiro atoms. The molecule has 0 unspecified atom stereocenters. The number of hydrogen-bond acceptors (Lipinski definition) is 8. The van der Waals surface area contributed by atoms with Gasteiger partial charge in [0.15, 0.2) is 0 Å². The van der Waals surface area contributed by atoms with Crippen molar-refractivity contribution in [3.63, 3.8) is 0 Å². The second-order valence-electron chi connectivity index (χ2n) is 9.89. The first-order chi connectivity index (χ1) is 19.9. The average Bonchev–Trinajstić information content (AvgIpc) is 3.42. The lowest BCUT2D eigenvalue weighted by Gasteiger charge is -2.15. The smallest absolute Gasteiger partial charge is 0.237 e. The molecule has 1 saturated carbocycles. The quantitative estimate of drug-likeness (QED) is 0.227. The number of benzene rings is 2. The van der Waals surface area contributed by atoms with E-state index in [1.54, 1.807) is 13.3 Å². The van der Waals surface area contributed by atoms with Gasteiger partial charge in [0.05, 0.1) is 41.8 Å². The summed E-state index contributed by atoms with van der Waals surface area (Å²) < 4.78 is 11.0. The zero-order chi connectivity index (χ0) is 28.9. The zero-order valence-electron chi connectivity index (χ0n) is 22.9. The van der Waals surface area contributed by atoms with Crippen molar-refractivity contribution in [1.82, 2.24) is 20.3 Å². The third-order valence-corrected chi connectivity index (χ3v) is 8.08. The van der Waals surface area contributed by atoms with Crippen LogP contribution < -0.4 is 20.5 Å². The number of ketones is 1. The standard InChI is InChI=1S/C31H31Cl2N5O3/c1-40-30-19(16-35-15-18-9-11-20(39)13-18)10-12-25(37-30)23-7-3-5-21(28(23)32)22-6-4-8-24(29(22)33)27-17-36-26(14-34)31(38-27)41-2/h3-8,10,12,17-18,35H,9,11,13-16,34H2,1-2H3/t18-/m1/s1. The molecule has 0 amide bonds. The topological polar surface area (TPSA) is 112 Å². The Kier molecular flexibility index (Phi) is 9.15. The van der Waals surface area contributed by atoms with E-state index in [1.165, 1.54) is 7.11 Å². The summed E-state index contributed by atoms with van der Waals surface area (Å²) in [6.45, 7) is 1.60. The summed E-state index contributed by atoms with van der Waals surface area (Å²) in [5.74, 6) is 1.63. The lowest BCUT2D eigenvalue weighted by molar-refractivity contribution is -0.117. The molecule has 10 heteroatoms. The second-order valence-corrected chi connectivity index (χ2v) is 10.6. The van der Waals surface area contributed by atoms with Gasteiger partial charge in [0, 0.05) is 53.7 Å². The summed E-state index contributed by atoms with van der Waals surface area (Å²) in [4.78, 5) is 25.3. The Morgan fingerprint density at radius 3 is 2.15 bits per heavy atom. The maximum atomic E-state index is 11.6. The number of carbonyl (C=O) groups excluding carboxylic acids is 1. The van der Waals surface area contributed by atoms with Crippen LogP contribution in [-0.4, -0.2) is 41.5 Å². The van der Waals surface area contributed by atoms with Crippen LogP contribution in [0.2, 0.25) is 10.0 Å². The molecule has 4 aromatic rings. The third-order valence-electron chi connectivity index (χ3n) is 7.27. The first-order valence-electron chi connectivity index (χ1n) is 13.4. The molecule has 212 valence electrons. The highest BCUT2D eigenvalue weighted by Gasteiger charge is 2.22. The molecular weight excluding hydrogens is 561 g/mol. The Hall–Kier alpha value is -3.56. The van der Waals surface area contributed by atoms with E-state index in [9.17, 15) is 4.79 Å². The SMILES string of the molecule is COc1nc(-c2cccc(-c3cccc(-c4cnc(CN)c(OC)n4)c3Cl)c2Cl)ccc1CNC[C@@H]1CCC(=O)C1. The fourth-order valence-corrected chi connectivity index (χ4v) is 5.76. The Morgan fingerprint density at radius 1 is 0.902 bits per heavy atom. The van der Waals surface area contributed by atoms with Crippen molar-refractivity contribution < 1.29 is 14.3 Å². The number of nitrogens with two attached hydrogens (primary N) is 1. The van der Waals surface area contributed by atoms with Crippen molar-refractivity contribution in [1.29, 1.82) is 0 Å². The van der Waals surface area contributed by atoms with Crippen LogP contribution in [0.15, 0.2) is 54.7 Å². The summed E-state index contributed by atoms with van der Waals surface area (Å²) in [5, 5.41) is 4.44. The molecule has 41 heavy (non-hydrogen) atoms. The summed E-state index contributed by atoms with van der Waals surface area (Å²) in [5.41, 5.74) is 11.4. The molecule has 0 saturated heterocycles. The number of ether oxygens (including phenoxy) is 2. The highest BCUT2D eigenvalue weighted by molar-refractivity contribution is 6.39. The average molecular weight is 593 g/mol. The molecule has 0 aliphatic heterocycles. The first kappa shape index (κ1) is 29.0. The number of aromatic nitrogens is 3. The monoisotopic (exact) mass is 591 g/mol. The molecule has 5 rings (SSSR count). The minimum absolute atomic E-state index is 0.214. The van der Waals surface area contributed by atoms with Gasteiger partial charge in [-0.1, -0.05) is 65.7 Å². The van der Waals surface area contributed by atoms with Gasteiger partial charge in [-0.15, -0.1) is 0 Å². The van der Waals surface area contributed by atoms with Crippen LogP contribution in [0.3, 0.4) is 0 Å². The molecule has 2 aromatic heterocycles. The van der Waals surface area contributed by atoms with Gasteiger partial charge < -0.3 is 20.5 Å². The zero-order valence-corrected chi connectivity index (χ0v) is 24.4. The maximum absolute atomic E-state index is 11.6. The normalized spacial score (nSPS) is 14.9. The summed E-state index contributed by atoms with van der Waals surface area (Å²) in [6, 6.07) is 15.4. The number of methoxy groups -OCH3 is 2. The number of halogens is 2. The van der Waals surface area contributed by atoms with Crippen LogP contribution in [0.1, 0.15) is 30.5 Å². The van der Waals surface area contributed by atoms with Gasteiger partial charge in [0.25, 0.3) is 0 Å². The Labute approximate surface area is 249 Å². The largest absolute Gasteiger partial charge is 0.481 e. The predicted octanol–water partition coefficient (Wildman–Crippen LogP) is 6.11. The van der Waals surface area contributed by atoms with Crippen molar-refractivity contribution in [3.05, 3.63) is 76.0 Å². The van der Waals surface area contributed by atoms with E-state index in [-0.39, 0.29) is 6.54 Å². The van der Waals surface area contributed by atoms with E-state index < -0.39 is 0 Å². The van der Waals surface area contributed by atoms with Crippen molar-refractivity contribution in [2.24, 2.45) is 11.7 Å². The highest BCUT2D eigenvalue weighted by Crippen LogP contribution is 2.42. The molecule has 0 bridgehead atoms. The highest BCUT2D eigenvalue weighted by atomic mass is 35.5. The minimum atomic E-state index is 0.214. The van der Waals surface area contributed by atoms with Crippen LogP contribution >= 0.6 is 23.2 Å². The van der Waals surface area contributed by atoms with Gasteiger partial charge in [0.1, 0.15) is 11.5 Å². The number of carbonyl (C=O) groups is 1. The van der Waals surface area contributed by atoms with Crippen LogP contribution in [-0.2, 0) is 17.9 Å². The van der Waals surface area contributed by atoms with Gasteiger partial charge in [-0.05, 0) is 24.9 Å². The molecule has 3 N–H and O–H groups in total. The number of Topliss-reactive ketones (excluding diaryl/α,β-unsaturated/α-hetero) is 1. The van der Waals surface area contributed by atoms with E-state index in [4.69, 9.17) is 43.4 Å². The molecule has 2 heterocycles. The number of rotatable bonds is 10. The summed E-state index contributed by atoms with van der Waals surface area (Å²) >= 11 is 13.9. The fourth-order valence-electron chi connectivity index (χ4n) is 5.11. The number of nitrogens with zero attached hydrogens (tertiary/aromatic N) is 3. The number of nitrogens with one attached hydrogen (secondary N) is 1. The summed E-state index contributed by atoms with van der Waals surface area (Å²) in [7, 11) is 3.13. The van der Waals surface area contributed by atoms with Gasteiger partial charge in [-0.3, -0.25) is 9.78 Å². The second kappa shape index (κ2) is 13.0. The molecule has 1 atom stereocenters. The molecule has 2 aromatic carbocycles. The van der Waals surface area contributed by atoms with Gasteiger partial charge in [-0.25, -0.2) is 9.97 Å². The Bertz CT molecular complexity index is 1580. The lowest BCUT2D eigenvalue weighted by atomic mass is 9.98. The van der Waals surface area contributed by atoms with Crippen molar-refractivity contribution in [2.45, 2.75) is 32.4 Å². The van der Waals surface area contributed by atoms with Crippen LogP contribution in [0, 0.1) is 5.92 Å². The first-order valence-corrected chi connectivity index (χ1v) is 14.1. The minimum Gasteiger partial charge on any atom is -0.481 e. The molecule has 8 nitrogen and oxygen atoms in total. The number of pyridine rings is 1. The molecule has 0 radical (unpaired) electrons. The van der Waals surface area contributed by atoms with E-state index in [0.717, 1.165) is 35.2 Å². The molecule has 1 aliphatic rings. The lowest BCUT2D eigenvalue weighted by Crippen LogP contribution is -2.21. The van der Waals surface area contributed by atoms with Crippen molar-refractivity contribution in [2.75, 3.05) is 20.8 Å². The van der Waals surface area contributed by atoms with E-state index >= 15 is 0 Å². The van der Waals surface area contributed by atoms with Gasteiger partial charge >= 0.3 is 0 Å². The van der Waals surface area contributed by atoms with E-state index in [0.29, 0.717) is 75.5 Å². The summed E-state index contributed by atoms with van der Waals surface area (Å²) in [6.07, 6.45) is 3.93. The van der Waals surface area contributed by atoms with Crippen LogP contribution in [0.5, 0.6) is 11.8 Å². The Balaban J connectivity index is 1.43. The molecule has 1 aliphatic carbocycles. The fraction of sp³-hybridized carbons (Fsp3) is 0.290.